The van der Waals surface area contributed by atoms with Gasteiger partial charge in [-0.3, -0.25) is 4.79 Å². The van der Waals surface area contributed by atoms with E-state index in [9.17, 15) is 4.79 Å². The molecule has 1 saturated carbocycles. The van der Waals surface area contributed by atoms with E-state index in [-0.39, 0.29) is 12.0 Å². The van der Waals surface area contributed by atoms with Gasteiger partial charge >= 0.3 is 0 Å². The first-order valence-electron chi connectivity index (χ1n) is 8.23. The van der Waals surface area contributed by atoms with Crippen molar-refractivity contribution in [3.05, 3.63) is 42.0 Å². The van der Waals surface area contributed by atoms with Gasteiger partial charge < -0.3 is 9.47 Å². The van der Waals surface area contributed by atoms with Crippen LogP contribution in [0.5, 0.6) is 5.75 Å². The lowest BCUT2D eigenvalue weighted by molar-refractivity contribution is -0.137. The molecule has 1 aromatic rings. The van der Waals surface area contributed by atoms with Gasteiger partial charge in [-0.1, -0.05) is 37.1 Å². The highest BCUT2D eigenvalue weighted by Gasteiger charge is 2.35. The zero-order chi connectivity index (χ0) is 15.4. The molecule has 1 fully saturated rings. The van der Waals surface area contributed by atoms with Crippen LogP contribution in [-0.2, 0) is 16.1 Å². The first kappa shape index (κ1) is 15.3. The van der Waals surface area contributed by atoms with E-state index in [0.717, 1.165) is 24.2 Å². The Kier molecular flexibility index (Phi) is 4.94. The van der Waals surface area contributed by atoms with Crippen LogP contribution in [0.15, 0.2) is 36.4 Å². The van der Waals surface area contributed by atoms with Crippen molar-refractivity contribution in [3.63, 3.8) is 0 Å². The van der Waals surface area contributed by atoms with Crippen LogP contribution in [0.2, 0.25) is 0 Å². The third-order valence-electron chi connectivity index (χ3n) is 4.85. The molecular formula is C19H24O3. The maximum Gasteiger partial charge on any atom is 0.165 e. The number of carbonyl (C=O) groups is 1. The number of fused-ring (bicyclic) bond motifs is 1. The molecule has 3 atom stereocenters. The van der Waals surface area contributed by atoms with E-state index in [1.807, 2.05) is 24.3 Å². The van der Waals surface area contributed by atoms with E-state index in [1.54, 1.807) is 7.11 Å². The van der Waals surface area contributed by atoms with Gasteiger partial charge in [0.25, 0.3) is 0 Å². The molecule has 1 aromatic carbocycles. The summed E-state index contributed by atoms with van der Waals surface area (Å²) in [6.07, 6.45) is 9.41. The van der Waals surface area contributed by atoms with Gasteiger partial charge in [0.1, 0.15) is 11.9 Å². The van der Waals surface area contributed by atoms with Gasteiger partial charge in [-0.2, -0.15) is 0 Å². The van der Waals surface area contributed by atoms with Crippen molar-refractivity contribution in [3.8, 4) is 5.75 Å². The fraction of sp³-hybridized carbons (Fsp3) is 0.526. The van der Waals surface area contributed by atoms with Crippen LogP contribution in [0.4, 0.5) is 0 Å². The maximum atomic E-state index is 12.7. The molecule has 22 heavy (non-hydrogen) atoms. The largest absolute Gasteiger partial charge is 0.497 e. The maximum absolute atomic E-state index is 12.7. The van der Waals surface area contributed by atoms with Crippen molar-refractivity contribution in [2.24, 2.45) is 11.8 Å². The molecule has 2 aliphatic carbocycles. The second kappa shape index (κ2) is 7.10. The third-order valence-corrected chi connectivity index (χ3v) is 4.85. The molecule has 2 aliphatic rings. The van der Waals surface area contributed by atoms with Gasteiger partial charge in [0.15, 0.2) is 5.78 Å². The van der Waals surface area contributed by atoms with E-state index in [1.165, 1.54) is 12.8 Å². The summed E-state index contributed by atoms with van der Waals surface area (Å²) in [6.45, 7) is 0.478. The fourth-order valence-electron chi connectivity index (χ4n) is 3.54. The molecule has 0 aromatic heterocycles. The lowest BCUT2D eigenvalue weighted by atomic mass is 9.77. The van der Waals surface area contributed by atoms with Crippen molar-refractivity contribution >= 4 is 5.78 Å². The first-order chi connectivity index (χ1) is 10.8. The van der Waals surface area contributed by atoms with Gasteiger partial charge in [0.05, 0.1) is 13.7 Å². The second-order valence-corrected chi connectivity index (χ2v) is 6.27. The Labute approximate surface area is 132 Å². The van der Waals surface area contributed by atoms with Crippen molar-refractivity contribution in [2.75, 3.05) is 7.11 Å². The Balaban J connectivity index is 1.61. The first-order valence-corrected chi connectivity index (χ1v) is 8.23. The minimum atomic E-state index is -0.286. The number of carbonyl (C=O) groups excluding carboxylic acids is 1. The number of ether oxygens (including phenoxy) is 2. The normalized spacial score (nSPS) is 28.0. The molecular weight excluding hydrogens is 276 g/mol. The fourth-order valence-corrected chi connectivity index (χ4v) is 3.54. The van der Waals surface area contributed by atoms with E-state index < -0.39 is 0 Å². The number of Topliss-reactive ketones (excluding diaryl/α,β-unsaturated/α-hetero) is 1. The van der Waals surface area contributed by atoms with Gasteiger partial charge in [0.2, 0.25) is 0 Å². The predicted octanol–water partition coefficient (Wildman–Crippen LogP) is 3.92. The van der Waals surface area contributed by atoms with Gasteiger partial charge in [-0.25, -0.2) is 0 Å². The van der Waals surface area contributed by atoms with Crippen molar-refractivity contribution in [1.82, 2.24) is 0 Å². The predicted molar refractivity (Wildman–Crippen MR) is 85.8 cm³/mol. The number of methoxy groups -OCH3 is 1. The highest BCUT2D eigenvalue weighted by atomic mass is 16.5. The molecule has 0 N–H and O–H groups in total. The monoisotopic (exact) mass is 300 g/mol. The zero-order valence-corrected chi connectivity index (χ0v) is 13.2. The lowest BCUT2D eigenvalue weighted by Crippen LogP contribution is -2.34. The molecule has 0 bridgehead atoms. The molecule has 0 amide bonds. The summed E-state index contributed by atoms with van der Waals surface area (Å²) in [5.74, 6) is 1.76. The number of hydrogen-bond acceptors (Lipinski definition) is 3. The summed E-state index contributed by atoms with van der Waals surface area (Å²) in [7, 11) is 1.66. The molecule has 0 unspecified atom stereocenters. The van der Waals surface area contributed by atoms with Crippen molar-refractivity contribution < 1.29 is 14.3 Å². The highest BCUT2D eigenvalue weighted by Crippen LogP contribution is 2.35. The summed E-state index contributed by atoms with van der Waals surface area (Å²) in [5, 5.41) is 0. The number of hydrogen-bond donors (Lipinski definition) is 0. The number of benzene rings is 1. The average molecular weight is 300 g/mol. The van der Waals surface area contributed by atoms with Crippen LogP contribution in [-0.4, -0.2) is 19.0 Å². The van der Waals surface area contributed by atoms with Crippen LogP contribution < -0.4 is 4.74 Å². The summed E-state index contributed by atoms with van der Waals surface area (Å²) in [6, 6.07) is 7.81. The molecule has 3 rings (SSSR count). The molecule has 0 radical (unpaired) electrons. The highest BCUT2D eigenvalue weighted by molar-refractivity contribution is 5.86. The Morgan fingerprint density at radius 2 is 1.91 bits per heavy atom. The topological polar surface area (TPSA) is 35.5 Å². The zero-order valence-electron chi connectivity index (χ0n) is 13.2. The van der Waals surface area contributed by atoms with Crippen molar-refractivity contribution in [2.45, 2.75) is 44.8 Å². The lowest BCUT2D eigenvalue weighted by Gasteiger charge is -2.29. The number of rotatable bonds is 4. The average Bonchev–Trinajstić information content (AvgIpc) is 2.73. The van der Waals surface area contributed by atoms with Crippen molar-refractivity contribution in [1.29, 1.82) is 0 Å². The molecule has 0 saturated heterocycles. The summed E-state index contributed by atoms with van der Waals surface area (Å²) < 4.78 is 11.1. The number of ketones is 1. The van der Waals surface area contributed by atoms with E-state index in [0.29, 0.717) is 24.7 Å². The van der Waals surface area contributed by atoms with Gasteiger partial charge in [0, 0.05) is 5.92 Å². The van der Waals surface area contributed by atoms with Crippen LogP contribution in [0.25, 0.3) is 0 Å². The molecule has 3 heteroatoms. The standard InChI is InChI=1S/C19H24O3/c1-21-16-11-9-14(10-12-16)13-22-18-8-4-6-15-5-2-3-7-17(15)19(18)20/h4,6,9-12,15,17-18H,2-3,5,7-8,13H2,1H3/t15-,17+,18-/m0/s1. The van der Waals surface area contributed by atoms with Gasteiger partial charge in [-0.05, 0) is 42.9 Å². The smallest absolute Gasteiger partial charge is 0.165 e. The van der Waals surface area contributed by atoms with Gasteiger partial charge in [-0.15, -0.1) is 0 Å². The van der Waals surface area contributed by atoms with Crippen LogP contribution >= 0.6 is 0 Å². The summed E-state index contributed by atoms with van der Waals surface area (Å²) in [4.78, 5) is 12.7. The Hall–Kier alpha value is -1.61. The minimum Gasteiger partial charge on any atom is -0.497 e. The molecule has 0 spiro atoms. The van der Waals surface area contributed by atoms with Crippen LogP contribution in [0.3, 0.4) is 0 Å². The van der Waals surface area contributed by atoms with E-state index >= 15 is 0 Å². The van der Waals surface area contributed by atoms with Crippen LogP contribution in [0, 0.1) is 11.8 Å². The van der Waals surface area contributed by atoms with E-state index in [2.05, 4.69) is 12.2 Å². The molecule has 3 nitrogen and oxygen atoms in total. The Morgan fingerprint density at radius 3 is 2.68 bits per heavy atom. The number of allylic oxidation sites excluding steroid dienone is 1. The quantitative estimate of drug-likeness (QED) is 0.791. The summed E-state index contributed by atoms with van der Waals surface area (Å²) >= 11 is 0. The van der Waals surface area contributed by atoms with Crippen LogP contribution in [0.1, 0.15) is 37.7 Å². The molecule has 0 aliphatic heterocycles. The Morgan fingerprint density at radius 1 is 1.14 bits per heavy atom. The summed E-state index contributed by atoms with van der Waals surface area (Å²) in [5.41, 5.74) is 1.07. The Bertz CT molecular complexity index is 532. The SMILES string of the molecule is COc1ccc(CO[C@H]2CC=C[C@@H]3CCCC[C@H]3C2=O)cc1. The third kappa shape index (κ3) is 3.41. The van der Waals surface area contributed by atoms with E-state index in [4.69, 9.17) is 9.47 Å². The minimum absolute atomic E-state index is 0.174. The molecule has 118 valence electrons. The second-order valence-electron chi connectivity index (χ2n) is 6.27. The molecule has 0 heterocycles.